The van der Waals surface area contributed by atoms with Gasteiger partial charge in [-0.05, 0) is 25.5 Å². The van der Waals surface area contributed by atoms with E-state index in [0.717, 1.165) is 13.1 Å². The van der Waals surface area contributed by atoms with Crippen LogP contribution >= 0.6 is 11.8 Å². The van der Waals surface area contributed by atoms with Crippen molar-refractivity contribution in [3.63, 3.8) is 0 Å². The van der Waals surface area contributed by atoms with E-state index < -0.39 is 0 Å². The second-order valence-electron chi connectivity index (χ2n) is 6.61. The van der Waals surface area contributed by atoms with E-state index in [1.165, 1.54) is 12.3 Å². The Hall–Kier alpha value is 0.270. The van der Waals surface area contributed by atoms with Gasteiger partial charge in [0.2, 0.25) is 0 Å². The van der Waals surface area contributed by atoms with Crippen molar-refractivity contribution < 1.29 is 0 Å². The summed E-state index contributed by atoms with van der Waals surface area (Å²) >= 11 is 1.95. The zero-order chi connectivity index (χ0) is 12.4. The molecule has 1 rings (SSSR count). The van der Waals surface area contributed by atoms with Gasteiger partial charge in [0.15, 0.2) is 0 Å². The lowest BCUT2D eigenvalue weighted by molar-refractivity contribution is 0.0384. The molecule has 96 valence electrons. The molecule has 16 heavy (non-hydrogen) atoms. The van der Waals surface area contributed by atoms with Gasteiger partial charge in [-0.15, -0.1) is 0 Å². The molecule has 0 aromatic heterocycles. The average Bonchev–Trinajstić information content (AvgIpc) is 2.11. The van der Waals surface area contributed by atoms with Crippen LogP contribution in [-0.2, 0) is 0 Å². The van der Waals surface area contributed by atoms with Gasteiger partial charge in [0.25, 0.3) is 0 Å². The molecular weight excluding hydrogens is 216 g/mol. The van der Waals surface area contributed by atoms with Crippen LogP contribution in [0.3, 0.4) is 0 Å². The molecule has 1 fully saturated rings. The van der Waals surface area contributed by atoms with E-state index in [0.29, 0.717) is 11.5 Å². The molecule has 1 heterocycles. The number of nitrogens with one attached hydrogen (secondary N) is 1. The lowest BCUT2D eigenvalue weighted by Gasteiger charge is -2.49. The molecular formula is C13H28N2S. The summed E-state index contributed by atoms with van der Waals surface area (Å²) in [5.74, 6) is 1.24. The number of hydrogen-bond acceptors (Lipinski definition) is 3. The molecule has 1 N–H and O–H groups in total. The lowest BCUT2D eigenvalue weighted by atomic mass is 9.82. The first-order valence-corrected chi connectivity index (χ1v) is 7.64. The topological polar surface area (TPSA) is 15.3 Å². The van der Waals surface area contributed by atoms with Gasteiger partial charge in [-0.25, -0.2) is 0 Å². The van der Waals surface area contributed by atoms with E-state index in [-0.39, 0.29) is 5.54 Å². The smallest absolute Gasteiger partial charge is 0.0270 e. The Balaban J connectivity index is 2.68. The molecule has 1 saturated heterocycles. The largest absolute Gasteiger partial charge is 0.309 e. The number of rotatable bonds is 3. The average molecular weight is 244 g/mol. The van der Waals surface area contributed by atoms with Crippen molar-refractivity contribution in [1.82, 2.24) is 10.2 Å². The summed E-state index contributed by atoms with van der Waals surface area (Å²) in [7, 11) is 0. The third kappa shape index (κ3) is 3.94. The molecule has 0 bridgehead atoms. The fraction of sp³-hybridized carbons (Fsp3) is 1.00. The molecule has 1 aliphatic heterocycles. The van der Waals surface area contributed by atoms with Gasteiger partial charge < -0.3 is 5.32 Å². The van der Waals surface area contributed by atoms with E-state index in [1.54, 1.807) is 0 Å². The predicted molar refractivity (Wildman–Crippen MR) is 75.3 cm³/mol. The fourth-order valence-corrected chi connectivity index (χ4v) is 2.89. The van der Waals surface area contributed by atoms with Crippen LogP contribution < -0.4 is 5.32 Å². The Morgan fingerprint density at radius 2 is 2.00 bits per heavy atom. The molecule has 0 radical (unpaired) electrons. The van der Waals surface area contributed by atoms with Crippen LogP contribution in [-0.4, -0.2) is 48.1 Å². The maximum atomic E-state index is 3.67. The zero-order valence-corrected chi connectivity index (χ0v) is 12.6. The third-order valence-corrected chi connectivity index (χ3v) is 3.99. The second kappa shape index (κ2) is 5.28. The van der Waals surface area contributed by atoms with Gasteiger partial charge in [-0.3, -0.25) is 4.90 Å². The van der Waals surface area contributed by atoms with Crippen LogP contribution in [0.25, 0.3) is 0 Å². The van der Waals surface area contributed by atoms with E-state index in [2.05, 4.69) is 51.1 Å². The van der Waals surface area contributed by atoms with Crippen LogP contribution in [0.2, 0.25) is 0 Å². The van der Waals surface area contributed by atoms with Crippen molar-refractivity contribution >= 4 is 11.8 Å². The van der Waals surface area contributed by atoms with E-state index in [1.807, 2.05) is 11.8 Å². The van der Waals surface area contributed by atoms with Gasteiger partial charge in [0.05, 0.1) is 0 Å². The van der Waals surface area contributed by atoms with Gasteiger partial charge in [0.1, 0.15) is 0 Å². The summed E-state index contributed by atoms with van der Waals surface area (Å²) < 4.78 is 0. The van der Waals surface area contributed by atoms with Gasteiger partial charge in [-0.1, -0.05) is 20.8 Å². The Kier molecular flexibility index (Phi) is 4.73. The van der Waals surface area contributed by atoms with Gasteiger partial charge >= 0.3 is 0 Å². The fourth-order valence-electron chi connectivity index (χ4n) is 2.47. The molecule has 0 saturated carbocycles. The molecule has 1 atom stereocenters. The van der Waals surface area contributed by atoms with Crippen molar-refractivity contribution in [3.8, 4) is 0 Å². The molecule has 1 unspecified atom stereocenters. The number of nitrogens with zero attached hydrogens (tertiary/aromatic N) is 1. The predicted octanol–water partition coefficient (Wildman–Crippen LogP) is 2.45. The van der Waals surface area contributed by atoms with E-state index in [9.17, 15) is 0 Å². The quantitative estimate of drug-likeness (QED) is 0.821. The zero-order valence-electron chi connectivity index (χ0n) is 11.8. The van der Waals surface area contributed by atoms with Gasteiger partial charge in [0, 0.05) is 37.0 Å². The third-order valence-electron chi connectivity index (χ3n) is 3.40. The van der Waals surface area contributed by atoms with Crippen molar-refractivity contribution in [3.05, 3.63) is 0 Å². The first-order valence-electron chi connectivity index (χ1n) is 6.24. The Morgan fingerprint density at radius 3 is 2.50 bits per heavy atom. The summed E-state index contributed by atoms with van der Waals surface area (Å²) in [6, 6.07) is 0.660. The Morgan fingerprint density at radius 1 is 1.38 bits per heavy atom. The summed E-state index contributed by atoms with van der Waals surface area (Å²) in [4.78, 5) is 2.67. The minimum Gasteiger partial charge on any atom is -0.309 e. The van der Waals surface area contributed by atoms with E-state index >= 15 is 0 Å². The van der Waals surface area contributed by atoms with Crippen LogP contribution in [0.15, 0.2) is 0 Å². The molecule has 0 aliphatic carbocycles. The van der Waals surface area contributed by atoms with Crippen molar-refractivity contribution in [2.24, 2.45) is 5.41 Å². The Labute approximate surface area is 106 Å². The summed E-state index contributed by atoms with van der Waals surface area (Å²) in [5, 5.41) is 3.67. The SMILES string of the molecule is CSCCN1CC(C)(C)NCC1C(C)(C)C. The summed E-state index contributed by atoms with van der Waals surface area (Å²) in [6.07, 6.45) is 2.19. The van der Waals surface area contributed by atoms with Crippen LogP contribution in [0.1, 0.15) is 34.6 Å². The normalized spacial score (nSPS) is 27.0. The highest BCUT2D eigenvalue weighted by Gasteiger charge is 2.37. The maximum absolute atomic E-state index is 3.67. The second-order valence-corrected chi connectivity index (χ2v) is 7.60. The van der Waals surface area contributed by atoms with Crippen LogP contribution in [0.4, 0.5) is 0 Å². The summed E-state index contributed by atoms with van der Waals surface area (Å²) in [6.45, 7) is 15.2. The summed E-state index contributed by atoms with van der Waals surface area (Å²) in [5.41, 5.74) is 0.627. The first-order chi connectivity index (χ1) is 7.26. The molecule has 3 heteroatoms. The molecule has 2 nitrogen and oxygen atoms in total. The highest BCUT2D eigenvalue weighted by atomic mass is 32.2. The molecule has 0 spiro atoms. The van der Waals surface area contributed by atoms with Crippen molar-refractivity contribution in [2.75, 3.05) is 31.6 Å². The standard InChI is InChI=1S/C13H28N2S/c1-12(2,3)11-9-14-13(4,5)10-15(11)7-8-16-6/h11,14H,7-10H2,1-6H3. The highest BCUT2D eigenvalue weighted by Crippen LogP contribution is 2.28. The lowest BCUT2D eigenvalue weighted by Crippen LogP contribution is -2.64. The minimum atomic E-state index is 0.264. The number of thioether (sulfide) groups is 1. The van der Waals surface area contributed by atoms with Crippen molar-refractivity contribution in [2.45, 2.75) is 46.2 Å². The van der Waals surface area contributed by atoms with Crippen LogP contribution in [0, 0.1) is 5.41 Å². The van der Waals surface area contributed by atoms with Gasteiger partial charge in [-0.2, -0.15) is 11.8 Å². The van der Waals surface area contributed by atoms with E-state index in [4.69, 9.17) is 0 Å². The van der Waals surface area contributed by atoms with Crippen LogP contribution in [0.5, 0.6) is 0 Å². The monoisotopic (exact) mass is 244 g/mol. The molecule has 1 aliphatic rings. The number of hydrogen-bond donors (Lipinski definition) is 1. The maximum Gasteiger partial charge on any atom is 0.0270 e. The number of piperazine rings is 1. The van der Waals surface area contributed by atoms with Crippen molar-refractivity contribution in [1.29, 1.82) is 0 Å². The minimum absolute atomic E-state index is 0.264. The first kappa shape index (κ1) is 14.3. The highest BCUT2D eigenvalue weighted by molar-refractivity contribution is 7.98. The molecule has 0 aromatic carbocycles. The Bertz CT molecular complexity index is 220. The molecule has 0 amide bonds. The molecule has 0 aromatic rings.